The second-order valence-corrected chi connectivity index (χ2v) is 5.51. The highest BCUT2D eigenvalue weighted by Gasteiger charge is 2.49. The molecule has 2 aliphatic rings. The zero-order valence-corrected chi connectivity index (χ0v) is 11.8. The van der Waals surface area contributed by atoms with Gasteiger partial charge in [0.25, 0.3) is 0 Å². The van der Waals surface area contributed by atoms with Crippen LogP contribution in [0.5, 0.6) is 0 Å². The molecule has 0 bridgehead atoms. The highest BCUT2D eigenvalue weighted by Crippen LogP contribution is 2.28. The van der Waals surface area contributed by atoms with Crippen LogP contribution in [-0.4, -0.2) is 104 Å². The van der Waals surface area contributed by atoms with Crippen LogP contribution in [0.4, 0.5) is 0 Å². The Bertz CT molecular complexity index is 368. The molecule has 10 heteroatoms. The smallest absolute Gasteiger partial charge is 0.187 e. The topological polar surface area (TPSA) is 169 Å². The third-order valence-electron chi connectivity index (χ3n) is 3.94. The van der Waals surface area contributed by atoms with Crippen LogP contribution in [-0.2, 0) is 14.2 Å². The Morgan fingerprint density at radius 1 is 0.818 bits per heavy atom. The first-order valence-electron chi connectivity index (χ1n) is 6.93. The van der Waals surface area contributed by atoms with Crippen LogP contribution >= 0.6 is 0 Å². The highest BCUT2D eigenvalue weighted by molar-refractivity contribution is 4.92. The number of ether oxygens (including phenoxy) is 3. The van der Waals surface area contributed by atoms with Gasteiger partial charge >= 0.3 is 0 Å². The Balaban J connectivity index is 2.06. The average Bonchev–Trinajstić information content (AvgIpc) is 2.49. The normalized spacial score (nSPS) is 53.5. The van der Waals surface area contributed by atoms with Gasteiger partial charge in [-0.1, -0.05) is 0 Å². The molecule has 2 saturated heterocycles. The predicted molar refractivity (Wildman–Crippen MR) is 67.2 cm³/mol. The lowest BCUT2D eigenvalue weighted by Gasteiger charge is -2.44. The number of hydrogen-bond donors (Lipinski definition) is 7. The summed E-state index contributed by atoms with van der Waals surface area (Å²) >= 11 is 0. The van der Waals surface area contributed by atoms with E-state index in [4.69, 9.17) is 19.3 Å². The summed E-state index contributed by atoms with van der Waals surface area (Å²) in [6.45, 7) is 0.823. The molecule has 22 heavy (non-hydrogen) atoms. The highest BCUT2D eigenvalue weighted by atomic mass is 16.7. The molecule has 0 unspecified atom stereocenters. The van der Waals surface area contributed by atoms with Crippen molar-refractivity contribution in [2.24, 2.45) is 0 Å². The minimum atomic E-state index is -1.69. The van der Waals surface area contributed by atoms with Gasteiger partial charge in [0.05, 0.1) is 12.7 Å². The van der Waals surface area contributed by atoms with Crippen molar-refractivity contribution in [3.63, 3.8) is 0 Å². The van der Waals surface area contributed by atoms with E-state index in [1.165, 1.54) is 6.92 Å². The van der Waals surface area contributed by atoms with Gasteiger partial charge in [-0.2, -0.15) is 0 Å². The maximum absolute atomic E-state index is 9.93. The molecule has 0 aromatic heterocycles. The molecule has 2 aliphatic heterocycles. The molecule has 0 aliphatic carbocycles. The summed E-state index contributed by atoms with van der Waals surface area (Å²) in [5, 5.41) is 67.5. The van der Waals surface area contributed by atoms with Crippen molar-refractivity contribution in [2.45, 2.75) is 68.3 Å². The average molecular weight is 326 g/mol. The number of hydrogen-bond acceptors (Lipinski definition) is 10. The minimum Gasteiger partial charge on any atom is -0.394 e. The molecule has 2 heterocycles. The van der Waals surface area contributed by atoms with Crippen molar-refractivity contribution >= 4 is 0 Å². The van der Waals surface area contributed by atoms with Crippen LogP contribution in [0.1, 0.15) is 6.92 Å². The summed E-state index contributed by atoms with van der Waals surface area (Å²) in [5.41, 5.74) is 0. The number of aliphatic hydroxyl groups excluding tert-OH is 7. The molecular weight excluding hydrogens is 304 g/mol. The molecule has 2 fully saturated rings. The minimum absolute atomic E-state index is 0.619. The molecule has 7 N–H and O–H groups in total. The first-order valence-corrected chi connectivity index (χ1v) is 6.93. The van der Waals surface area contributed by atoms with Crippen molar-refractivity contribution in [1.82, 2.24) is 0 Å². The molecule has 0 amide bonds. The largest absolute Gasteiger partial charge is 0.394 e. The van der Waals surface area contributed by atoms with E-state index in [9.17, 15) is 30.6 Å². The zero-order valence-electron chi connectivity index (χ0n) is 11.8. The molecule has 0 spiro atoms. The van der Waals surface area contributed by atoms with Crippen LogP contribution in [0.3, 0.4) is 0 Å². The van der Waals surface area contributed by atoms with Gasteiger partial charge in [0.1, 0.15) is 42.7 Å². The van der Waals surface area contributed by atoms with E-state index in [2.05, 4.69) is 0 Å². The van der Waals surface area contributed by atoms with Crippen LogP contribution in [0.15, 0.2) is 0 Å². The lowest BCUT2D eigenvalue weighted by Crippen LogP contribution is -2.63. The van der Waals surface area contributed by atoms with Crippen LogP contribution in [0.2, 0.25) is 0 Å². The third-order valence-corrected chi connectivity index (χ3v) is 3.94. The van der Waals surface area contributed by atoms with E-state index in [1.807, 2.05) is 0 Å². The molecular formula is C12H22O10. The Kier molecular flexibility index (Phi) is 5.72. The maximum atomic E-state index is 9.93. The fourth-order valence-corrected chi connectivity index (χ4v) is 2.50. The molecule has 0 aromatic carbocycles. The van der Waals surface area contributed by atoms with E-state index >= 15 is 0 Å². The van der Waals surface area contributed by atoms with E-state index in [1.54, 1.807) is 0 Å². The molecule has 130 valence electrons. The standard InChI is InChI=1S/C12H22O10/c1-3-5(14)7(16)9(18)12(20-3)22-10-8(17)6(15)4(2-13)21-11(10)19/h3-19H,2H2,1H3/t3-,4+,5+,6-,7+,8-,9-,10+,11-,12+/m0/s1. The summed E-state index contributed by atoms with van der Waals surface area (Å²) < 4.78 is 15.3. The Morgan fingerprint density at radius 2 is 1.45 bits per heavy atom. The van der Waals surface area contributed by atoms with Gasteiger partial charge in [0.2, 0.25) is 0 Å². The third kappa shape index (κ3) is 3.26. The lowest BCUT2D eigenvalue weighted by molar-refractivity contribution is -0.358. The van der Waals surface area contributed by atoms with Gasteiger partial charge in [0, 0.05) is 0 Å². The Labute approximate surface area is 126 Å². The monoisotopic (exact) mass is 326 g/mol. The van der Waals surface area contributed by atoms with Gasteiger partial charge in [-0.15, -0.1) is 0 Å². The van der Waals surface area contributed by atoms with Crippen molar-refractivity contribution in [3.05, 3.63) is 0 Å². The predicted octanol–water partition coefficient (Wildman–Crippen LogP) is -4.37. The second kappa shape index (κ2) is 7.01. The van der Waals surface area contributed by atoms with E-state index < -0.39 is 68.0 Å². The van der Waals surface area contributed by atoms with Crippen molar-refractivity contribution in [3.8, 4) is 0 Å². The fourth-order valence-electron chi connectivity index (χ4n) is 2.50. The van der Waals surface area contributed by atoms with Crippen LogP contribution in [0, 0.1) is 0 Å². The zero-order chi connectivity index (χ0) is 16.6. The van der Waals surface area contributed by atoms with Crippen LogP contribution in [0.25, 0.3) is 0 Å². The van der Waals surface area contributed by atoms with Crippen molar-refractivity contribution < 1.29 is 50.0 Å². The van der Waals surface area contributed by atoms with Gasteiger partial charge in [-0.05, 0) is 6.92 Å². The Hall–Kier alpha value is -0.400. The molecule has 0 aromatic rings. The SMILES string of the molecule is C[C@@H]1O[C@H](O[C@@H]2[C@@H](O)[C@@H](O)[C@@H](CO)O[C@@H]2O)[C@@H](O)[C@H](O)[C@@H]1O. The van der Waals surface area contributed by atoms with Gasteiger partial charge in [0.15, 0.2) is 12.6 Å². The van der Waals surface area contributed by atoms with Crippen LogP contribution < -0.4 is 0 Å². The fraction of sp³-hybridized carbons (Fsp3) is 1.00. The second-order valence-electron chi connectivity index (χ2n) is 5.51. The maximum Gasteiger partial charge on any atom is 0.187 e. The lowest BCUT2D eigenvalue weighted by atomic mass is 9.97. The molecule has 10 nitrogen and oxygen atoms in total. The summed E-state index contributed by atoms with van der Waals surface area (Å²) in [7, 11) is 0. The summed E-state index contributed by atoms with van der Waals surface area (Å²) in [5.74, 6) is 0. The number of aliphatic hydroxyl groups is 7. The van der Waals surface area contributed by atoms with E-state index in [0.717, 1.165) is 0 Å². The van der Waals surface area contributed by atoms with Crippen molar-refractivity contribution in [1.29, 1.82) is 0 Å². The molecule has 10 atom stereocenters. The summed E-state index contributed by atoms with van der Waals surface area (Å²) in [6.07, 6.45) is -14.3. The first kappa shape index (κ1) is 17.9. The van der Waals surface area contributed by atoms with Crippen molar-refractivity contribution in [2.75, 3.05) is 6.61 Å². The summed E-state index contributed by atoms with van der Waals surface area (Å²) in [6, 6.07) is 0. The number of rotatable bonds is 3. The first-order chi connectivity index (χ1) is 10.3. The quantitative estimate of drug-likeness (QED) is 0.269. The van der Waals surface area contributed by atoms with Gasteiger partial charge < -0.3 is 50.0 Å². The van der Waals surface area contributed by atoms with E-state index in [0.29, 0.717) is 0 Å². The Morgan fingerprint density at radius 3 is 2.05 bits per heavy atom. The molecule has 2 rings (SSSR count). The van der Waals surface area contributed by atoms with Gasteiger partial charge in [-0.25, -0.2) is 0 Å². The molecule has 0 radical (unpaired) electrons. The van der Waals surface area contributed by atoms with E-state index in [-0.39, 0.29) is 0 Å². The summed E-state index contributed by atoms with van der Waals surface area (Å²) in [4.78, 5) is 0. The van der Waals surface area contributed by atoms with Gasteiger partial charge in [-0.3, -0.25) is 0 Å². The molecule has 0 saturated carbocycles.